The van der Waals surface area contributed by atoms with E-state index in [1.165, 1.54) is 16.5 Å². The Bertz CT molecular complexity index is 2550. The van der Waals surface area contributed by atoms with Gasteiger partial charge in [-0.2, -0.15) is 0 Å². The van der Waals surface area contributed by atoms with E-state index in [-0.39, 0.29) is 0 Å². The topological polar surface area (TPSA) is 51.8 Å². The van der Waals surface area contributed by atoms with Gasteiger partial charge >= 0.3 is 0 Å². The fraction of sp³-hybridized carbons (Fsp3) is 0. The normalized spacial score (nSPS) is 11.6. The average Bonchev–Trinajstić information content (AvgIpc) is 3.49. The Balaban J connectivity index is 1.28. The van der Waals surface area contributed by atoms with E-state index < -0.39 is 0 Å². The summed E-state index contributed by atoms with van der Waals surface area (Å²) in [5.74, 6) is 1.89. The van der Waals surface area contributed by atoms with Crippen molar-refractivity contribution >= 4 is 43.5 Å². The first kappa shape index (κ1) is 25.4. The van der Waals surface area contributed by atoms with Crippen molar-refractivity contribution in [2.75, 3.05) is 0 Å². The van der Waals surface area contributed by atoms with Crippen molar-refractivity contribution in [3.05, 3.63) is 152 Å². The first-order chi connectivity index (χ1) is 22.3. The van der Waals surface area contributed by atoms with Crippen molar-refractivity contribution in [3.63, 3.8) is 0 Å². The van der Waals surface area contributed by atoms with Gasteiger partial charge in [-0.15, -0.1) is 0 Å². The number of hydrogen-bond acceptors (Lipinski definition) is 4. The summed E-state index contributed by atoms with van der Waals surface area (Å²) >= 11 is 0. The average molecular weight is 576 g/mol. The van der Waals surface area contributed by atoms with Gasteiger partial charge < -0.3 is 4.42 Å². The van der Waals surface area contributed by atoms with Crippen LogP contribution in [0.4, 0.5) is 0 Å². The Hall–Kier alpha value is -6.13. The number of furan rings is 1. The van der Waals surface area contributed by atoms with Gasteiger partial charge in [-0.25, -0.2) is 15.0 Å². The first-order valence-electron chi connectivity index (χ1n) is 15.0. The number of fused-ring (bicyclic) bond motifs is 5. The zero-order valence-corrected chi connectivity index (χ0v) is 24.2. The van der Waals surface area contributed by atoms with Crippen molar-refractivity contribution in [1.29, 1.82) is 0 Å². The van der Waals surface area contributed by atoms with Gasteiger partial charge in [0.25, 0.3) is 0 Å². The summed E-state index contributed by atoms with van der Waals surface area (Å²) in [6.07, 6.45) is 0. The van der Waals surface area contributed by atoms with Crippen LogP contribution in [0.2, 0.25) is 0 Å². The number of nitrogens with zero attached hydrogens (tertiary/aromatic N) is 3. The molecule has 0 unspecified atom stereocenters. The fourth-order valence-electron chi connectivity index (χ4n) is 6.31. The highest BCUT2D eigenvalue weighted by molar-refractivity contribution is 6.06. The molecular weight excluding hydrogens is 550 g/mol. The van der Waals surface area contributed by atoms with Gasteiger partial charge in [0, 0.05) is 27.5 Å². The summed E-state index contributed by atoms with van der Waals surface area (Å²) in [6, 6.07) is 52.3. The van der Waals surface area contributed by atoms with E-state index in [1.807, 2.05) is 36.4 Å². The predicted molar refractivity (Wildman–Crippen MR) is 184 cm³/mol. The van der Waals surface area contributed by atoms with Crippen molar-refractivity contribution in [1.82, 2.24) is 15.0 Å². The van der Waals surface area contributed by atoms with E-state index in [1.54, 1.807) is 0 Å². The van der Waals surface area contributed by atoms with E-state index in [2.05, 4.69) is 115 Å². The smallest absolute Gasteiger partial charge is 0.164 e. The molecule has 2 heterocycles. The number of aromatic nitrogens is 3. The van der Waals surface area contributed by atoms with Gasteiger partial charge in [0.05, 0.1) is 0 Å². The molecule has 2 aromatic heterocycles. The predicted octanol–water partition coefficient (Wildman–Crippen LogP) is 10.7. The highest BCUT2D eigenvalue weighted by atomic mass is 16.3. The van der Waals surface area contributed by atoms with Gasteiger partial charge in [-0.3, -0.25) is 0 Å². The first-order valence-corrected chi connectivity index (χ1v) is 15.0. The maximum Gasteiger partial charge on any atom is 0.164 e. The minimum absolute atomic E-state index is 0.617. The molecule has 0 aliphatic carbocycles. The molecule has 0 saturated carbocycles. The van der Waals surface area contributed by atoms with Crippen LogP contribution in [0, 0.1) is 0 Å². The Labute approximate surface area is 259 Å². The van der Waals surface area contributed by atoms with Crippen LogP contribution in [0.25, 0.3) is 88.8 Å². The molecule has 0 bridgehead atoms. The van der Waals surface area contributed by atoms with Gasteiger partial charge in [0.15, 0.2) is 17.5 Å². The molecule has 45 heavy (non-hydrogen) atoms. The van der Waals surface area contributed by atoms with Crippen molar-refractivity contribution < 1.29 is 4.42 Å². The van der Waals surface area contributed by atoms with Crippen LogP contribution in [-0.2, 0) is 0 Å². The van der Waals surface area contributed by atoms with Crippen molar-refractivity contribution in [2.45, 2.75) is 0 Å². The Morgan fingerprint density at radius 3 is 1.73 bits per heavy atom. The molecule has 9 aromatic rings. The summed E-state index contributed by atoms with van der Waals surface area (Å²) < 4.78 is 6.11. The second-order valence-electron chi connectivity index (χ2n) is 11.2. The molecule has 7 aromatic carbocycles. The lowest BCUT2D eigenvalue weighted by Gasteiger charge is -2.13. The summed E-state index contributed by atoms with van der Waals surface area (Å²) in [5.41, 5.74) is 6.87. The highest BCUT2D eigenvalue weighted by Crippen LogP contribution is 2.37. The molecule has 0 N–H and O–H groups in total. The van der Waals surface area contributed by atoms with E-state index >= 15 is 0 Å². The van der Waals surface area contributed by atoms with Gasteiger partial charge in [-0.05, 0) is 69.1 Å². The van der Waals surface area contributed by atoms with Crippen molar-refractivity contribution in [2.24, 2.45) is 0 Å². The standard InChI is InChI=1S/C41H25N3O/c1-2-11-27(12-3-1)31-21-22-35(33-15-7-6-14-32(31)33)41-43-39(29-19-18-26-10-4-5-13-28(26)24-29)42-40(44-41)30-20-23-38-36(25-30)34-16-8-9-17-37(34)45-38/h1-25H. The third-order valence-electron chi connectivity index (χ3n) is 8.53. The molecular formula is C41H25N3O. The number of hydrogen-bond donors (Lipinski definition) is 0. The monoisotopic (exact) mass is 575 g/mol. The molecule has 0 spiro atoms. The van der Waals surface area contributed by atoms with Crippen LogP contribution in [-0.4, -0.2) is 15.0 Å². The van der Waals surface area contributed by atoms with Gasteiger partial charge in [-0.1, -0.05) is 115 Å². The molecule has 210 valence electrons. The quantitative estimate of drug-likeness (QED) is 0.209. The van der Waals surface area contributed by atoms with Crippen LogP contribution >= 0.6 is 0 Å². The third kappa shape index (κ3) is 4.35. The van der Waals surface area contributed by atoms with Crippen LogP contribution in [0.3, 0.4) is 0 Å². The summed E-state index contributed by atoms with van der Waals surface area (Å²) in [5, 5.41) is 6.67. The molecule has 0 atom stereocenters. The molecule has 0 aliphatic heterocycles. The maximum absolute atomic E-state index is 6.11. The van der Waals surface area contributed by atoms with Crippen LogP contribution < -0.4 is 0 Å². The zero-order valence-electron chi connectivity index (χ0n) is 24.2. The largest absolute Gasteiger partial charge is 0.456 e. The summed E-state index contributed by atoms with van der Waals surface area (Å²) in [4.78, 5) is 15.3. The van der Waals surface area contributed by atoms with E-state index in [0.29, 0.717) is 17.5 Å². The van der Waals surface area contributed by atoms with E-state index in [4.69, 9.17) is 19.4 Å². The van der Waals surface area contributed by atoms with Gasteiger partial charge in [0.1, 0.15) is 11.2 Å². The highest BCUT2D eigenvalue weighted by Gasteiger charge is 2.17. The lowest BCUT2D eigenvalue weighted by Crippen LogP contribution is -2.01. The Kier molecular flexibility index (Phi) is 5.78. The van der Waals surface area contributed by atoms with E-state index in [9.17, 15) is 0 Å². The lowest BCUT2D eigenvalue weighted by molar-refractivity contribution is 0.669. The second kappa shape index (κ2) is 10.2. The van der Waals surface area contributed by atoms with E-state index in [0.717, 1.165) is 54.8 Å². The molecule has 9 rings (SSSR count). The summed E-state index contributed by atoms with van der Waals surface area (Å²) in [7, 11) is 0. The third-order valence-corrected chi connectivity index (χ3v) is 8.53. The van der Waals surface area contributed by atoms with Crippen LogP contribution in [0.15, 0.2) is 156 Å². The number of rotatable bonds is 4. The molecule has 0 radical (unpaired) electrons. The zero-order chi connectivity index (χ0) is 29.7. The van der Waals surface area contributed by atoms with Crippen LogP contribution in [0.1, 0.15) is 0 Å². The lowest BCUT2D eigenvalue weighted by atomic mass is 9.94. The Morgan fingerprint density at radius 1 is 0.333 bits per heavy atom. The maximum atomic E-state index is 6.11. The van der Waals surface area contributed by atoms with Gasteiger partial charge in [0.2, 0.25) is 0 Å². The second-order valence-corrected chi connectivity index (χ2v) is 11.2. The SMILES string of the molecule is c1ccc(-c2ccc(-c3nc(-c4ccc5ccccc5c4)nc(-c4ccc5oc6ccccc6c5c4)n3)c3ccccc23)cc1. The molecule has 4 heteroatoms. The minimum atomic E-state index is 0.617. The number of para-hydroxylation sites is 1. The molecule has 0 amide bonds. The molecule has 0 aliphatic rings. The van der Waals surface area contributed by atoms with Crippen molar-refractivity contribution in [3.8, 4) is 45.3 Å². The molecule has 0 saturated heterocycles. The van der Waals surface area contributed by atoms with Crippen LogP contribution in [0.5, 0.6) is 0 Å². The number of benzene rings is 7. The minimum Gasteiger partial charge on any atom is -0.456 e. The fourth-order valence-corrected chi connectivity index (χ4v) is 6.31. The molecule has 4 nitrogen and oxygen atoms in total. The Morgan fingerprint density at radius 2 is 0.911 bits per heavy atom. The molecule has 0 fully saturated rings. The summed E-state index contributed by atoms with van der Waals surface area (Å²) in [6.45, 7) is 0.